The lowest BCUT2D eigenvalue weighted by atomic mass is 10.0. The average Bonchev–Trinajstić information content (AvgIpc) is 2.35. The third-order valence-electron chi connectivity index (χ3n) is 2.51. The predicted octanol–water partition coefficient (Wildman–Crippen LogP) is 4.41. The van der Waals surface area contributed by atoms with Crippen molar-refractivity contribution in [2.45, 2.75) is 6.10 Å². The maximum Gasteiger partial charge on any atom is 0.159 e. The zero-order valence-corrected chi connectivity index (χ0v) is 12.7. The second-order valence-corrected chi connectivity index (χ2v) is 5.82. The molecule has 2 aromatic carbocycles. The summed E-state index contributed by atoms with van der Waals surface area (Å²) in [5, 5.41) is 10.2. The highest BCUT2D eigenvalue weighted by Crippen LogP contribution is 2.29. The quantitative estimate of drug-likeness (QED) is 0.708. The maximum atomic E-state index is 13.1. The Morgan fingerprint density at radius 3 is 2.44 bits per heavy atom. The van der Waals surface area contributed by atoms with Crippen LogP contribution in [0.2, 0.25) is 0 Å². The minimum absolute atomic E-state index is 0.324. The van der Waals surface area contributed by atoms with E-state index in [1.807, 2.05) is 12.1 Å². The molecule has 1 nitrogen and oxygen atoms in total. The second-order valence-electron chi connectivity index (χ2n) is 3.74. The van der Waals surface area contributed by atoms with Crippen LogP contribution in [-0.4, -0.2) is 5.11 Å². The lowest BCUT2D eigenvalue weighted by Gasteiger charge is -2.14. The van der Waals surface area contributed by atoms with Crippen LogP contribution in [0.3, 0.4) is 0 Å². The highest BCUT2D eigenvalue weighted by atomic mass is 127. The van der Waals surface area contributed by atoms with Crippen molar-refractivity contribution < 1.29 is 13.9 Å². The topological polar surface area (TPSA) is 20.2 Å². The zero-order chi connectivity index (χ0) is 13.3. The molecule has 0 aliphatic carbocycles. The number of rotatable bonds is 2. The predicted molar refractivity (Wildman–Crippen MR) is 77.3 cm³/mol. The van der Waals surface area contributed by atoms with Crippen LogP contribution in [0.4, 0.5) is 8.78 Å². The smallest absolute Gasteiger partial charge is 0.159 e. The van der Waals surface area contributed by atoms with Gasteiger partial charge in [0.2, 0.25) is 0 Å². The van der Waals surface area contributed by atoms with Gasteiger partial charge in [-0.05, 0) is 64.0 Å². The van der Waals surface area contributed by atoms with Crippen molar-refractivity contribution in [2.75, 3.05) is 0 Å². The van der Waals surface area contributed by atoms with Crippen LogP contribution < -0.4 is 0 Å². The van der Waals surface area contributed by atoms with Gasteiger partial charge in [0, 0.05) is 8.04 Å². The van der Waals surface area contributed by atoms with Crippen LogP contribution in [0.15, 0.2) is 40.9 Å². The fourth-order valence-electron chi connectivity index (χ4n) is 1.59. The summed E-state index contributed by atoms with van der Waals surface area (Å²) in [6.45, 7) is 0. The molecule has 2 aromatic rings. The number of benzene rings is 2. The standard InChI is InChI=1S/C13H8BrF2IO/c14-8-2-4-12(17)9(6-8)13(18)7-1-3-10(15)11(16)5-7/h1-6,13,18H. The molecule has 94 valence electrons. The molecular weight excluding hydrogens is 417 g/mol. The molecule has 0 aliphatic rings. The number of aliphatic hydroxyl groups excluding tert-OH is 1. The van der Waals surface area contributed by atoms with Crippen LogP contribution in [0.5, 0.6) is 0 Å². The van der Waals surface area contributed by atoms with Crippen LogP contribution in [0.25, 0.3) is 0 Å². The van der Waals surface area contributed by atoms with Gasteiger partial charge in [0.25, 0.3) is 0 Å². The van der Waals surface area contributed by atoms with Crippen LogP contribution in [-0.2, 0) is 0 Å². The molecule has 18 heavy (non-hydrogen) atoms. The van der Waals surface area contributed by atoms with Gasteiger partial charge in [-0.1, -0.05) is 22.0 Å². The highest BCUT2D eigenvalue weighted by molar-refractivity contribution is 14.1. The van der Waals surface area contributed by atoms with E-state index < -0.39 is 17.7 Å². The summed E-state index contributed by atoms with van der Waals surface area (Å²) in [5.41, 5.74) is 0.973. The molecule has 0 saturated heterocycles. The first-order chi connectivity index (χ1) is 8.49. The van der Waals surface area contributed by atoms with Gasteiger partial charge in [-0.3, -0.25) is 0 Å². The monoisotopic (exact) mass is 424 g/mol. The van der Waals surface area contributed by atoms with E-state index in [0.29, 0.717) is 11.1 Å². The normalized spacial score (nSPS) is 12.5. The van der Waals surface area contributed by atoms with Crippen LogP contribution in [0.1, 0.15) is 17.2 Å². The lowest BCUT2D eigenvalue weighted by molar-refractivity contribution is 0.218. The van der Waals surface area contributed by atoms with E-state index in [9.17, 15) is 13.9 Å². The Kier molecular flexibility index (Phi) is 4.34. The molecule has 1 atom stereocenters. The van der Waals surface area contributed by atoms with Crippen molar-refractivity contribution in [2.24, 2.45) is 0 Å². The van der Waals surface area contributed by atoms with Gasteiger partial charge in [0.1, 0.15) is 6.10 Å². The summed E-state index contributed by atoms with van der Waals surface area (Å²) in [7, 11) is 0. The van der Waals surface area contributed by atoms with Crippen molar-refractivity contribution in [1.29, 1.82) is 0 Å². The molecule has 2 rings (SSSR count). The first-order valence-corrected chi connectivity index (χ1v) is 6.94. The van der Waals surface area contributed by atoms with E-state index in [4.69, 9.17) is 0 Å². The molecule has 1 N–H and O–H groups in total. The Bertz CT molecular complexity index is 589. The molecule has 0 bridgehead atoms. The molecule has 0 spiro atoms. The molecule has 0 saturated carbocycles. The zero-order valence-electron chi connectivity index (χ0n) is 9.00. The average molecular weight is 425 g/mol. The largest absolute Gasteiger partial charge is 0.384 e. The highest BCUT2D eigenvalue weighted by Gasteiger charge is 2.16. The molecular formula is C13H8BrF2IO. The molecule has 0 aromatic heterocycles. The Hall–Kier alpha value is -0.530. The maximum absolute atomic E-state index is 13.1. The van der Waals surface area contributed by atoms with Crippen molar-refractivity contribution in [3.05, 3.63) is 67.2 Å². The van der Waals surface area contributed by atoms with Gasteiger partial charge in [0.15, 0.2) is 11.6 Å². The number of hydrogen-bond donors (Lipinski definition) is 1. The van der Waals surface area contributed by atoms with Crippen molar-refractivity contribution >= 4 is 38.5 Å². The second kappa shape index (κ2) is 5.63. The van der Waals surface area contributed by atoms with Gasteiger partial charge >= 0.3 is 0 Å². The molecule has 0 radical (unpaired) electrons. The third-order valence-corrected chi connectivity index (χ3v) is 3.99. The van der Waals surface area contributed by atoms with Gasteiger partial charge in [-0.15, -0.1) is 0 Å². The first-order valence-electron chi connectivity index (χ1n) is 5.07. The third kappa shape index (κ3) is 2.89. The van der Waals surface area contributed by atoms with Gasteiger partial charge in [0.05, 0.1) is 0 Å². The summed E-state index contributed by atoms with van der Waals surface area (Å²) in [4.78, 5) is 0. The fraction of sp³-hybridized carbons (Fsp3) is 0.0769. The van der Waals surface area contributed by atoms with E-state index in [-0.39, 0.29) is 0 Å². The lowest BCUT2D eigenvalue weighted by Crippen LogP contribution is -2.03. The summed E-state index contributed by atoms with van der Waals surface area (Å²) in [6.07, 6.45) is -0.982. The summed E-state index contributed by atoms with van der Waals surface area (Å²) in [6, 6.07) is 8.84. The molecule has 0 heterocycles. The fourth-order valence-corrected chi connectivity index (χ4v) is 2.60. The number of hydrogen-bond acceptors (Lipinski definition) is 1. The molecule has 1 unspecified atom stereocenters. The summed E-state index contributed by atoms with van der Waals surface area (Å²) in [5.74, 6) is -1.88. The minimum Gasteiger partial charge on any atom is -0.384 e. The number of aliphatic hydroxyl groups is 1. The van der Waals surface area contributed by atoms with Gasteiger partial charge in [-0.2, -0.15) is 0 Å². The van der Waals surface area contributed by atoms with Crippen molar-refractivity contribution in [1.82, 2.24) is 0 Å². The van der Waals surface area contributed by atoms with Crippen molar-refractivity contribution in [3.8, 4) is 0 Å². The van der Waals surface area contributed by atoms with E-state index in [1.165, 1.54) is 6.07 Å². The first kappa shape index (κ1) is 13.9. The molecule has 0 fully saturated rings. The molecule has 0 amide bonds. The Morgan fingerprint density at radius 1 is 1.06 bits per heavy atom. The van der Waals surface area contributed by atoms with Crippen LogP contribution >= 0.6 is 38.5 Å². The van der Waals surface area contributed by atoms with E-state index in [2.05, 4.69) is 38.5 Å². The summed E-state index contributed by atoms with van der Waals surface area (Å²) >= 11 is 5.40. The Balaban J connectivity index is 2.44. The SMILES string of the molecule is OC(c1ccc(F)c(F)c1)c1cc(Br)ccc1I. The van der Waals surface area contributed by atoms with Gasteiger partial charge in [-0.25, -0.2) is 8.78 Å². The van der Waals surface area contributed by atoms with Crippen LogP contribution in [0, 0.1) is 15.2 Å². The van der Waals surface area contributed by atoms with Crippen molar-refractivity contribution in [3.63, 3.8) is 0 Å². The Morgan fingerprint density at radius 2 is 1.78 bits per heavy atom. The molecule has 0 aliphatic heterocycles. The van der Waals surface area contributed by atoms with E-state index in [0.717, 1.165) is 20.2 Å². The Labute approximate surface area is 125 Å². The van der Waals surface area contributed by atoms with E-state index >= 15 is 0 Å². The molecule has 5 heteroatoms. The minimum atomic E-state index is -0.982. The number of halogens is 4. The summed E-state index contributed by atoms with van der Waals surface area (Å²) < 4.78 is 27.7. The van der Waals surface area contributed by atoms with E-state index in [1.54, 1.807) is 6.07 Å². The van der Waals surface area contributed by atoms with Gasteiger partial charge < -0.3 is 5.11 Å².